The summed E-state index contributed by atoms with van der Waals surface area (Å²) < 4.78 is 39.7. The van der Waals surface area contributed by atoms with Crippen LogP contribution >= 0.6 is 0 Å². The zero-order valence-electron chi connectivity index (χ0n) is 12.8. The molecule has 2 aromatic rings. The van der Waals surface area contributed by atoms with Gasteiger partial charge in [-0.05, 0) is 20.8 Å². The number of anilines is 1. The average Bonchev–Trinajstić information content (AvgIpc) is 3.01. The summed E-state index contributed by atoms with van der Waals surface area (Å²) in [4.78, 5) is 22.4. The molecule has 12 heteroatoms. The average molecular weight is 346 g/mol. The van der Waals surface area contributed by atoms with Gasteiger partial charge >= 0.3 is 11.9 Å². The van der Waals surface area contributed by atoms with Gasteiger partial charge in [0.2, 0.25) is 5.91 Å². The maximum atomic E-state index is 12.9. The molecule has 0 aliphatic rings. The van der Waals surface area contributed by atoms with Crippen LogP contribution in [-0.4, -0.2) is 30.8 Å². The van der Waals surface area contributed by atoms with Crippen LogP contribution in [0.5, 0.6) is 0 Å². The van der Waals surface area contributed by atoms with Crippen molar-refractivity contribution in [3.8, 4) is 0 Å². The molecule has 0 fully saturated rings. The number of H-pyrrole nitrogens is 1. The van der Waals surface area contributed by atoms with E-state index in [4.69, 9.17) is 0 Å². The SMILES string of the molecule is Cc1[nH]nc(C(F)(F)F)c1NC(=O)[C@@H](C)n1ncc([N+](=O)[O-])c1C. The second-order valence-corrected chi connectivity index (χ2v) is 5.05. The molecule has 0 saturated heterocycles. The van der Waals surface area contributed by atoms with E-state index in [1.165, 1.54) is 20.8 Å². The molecule has 1 amide bonds. The number of hydrogen-bond donors (Lipinski definition) is 2. The Balaban J connectivity index is 2.28. The summed E-state index contributed by atoms with van der Waals surface area (Å²) >= 11 is 0. The Hall–Kier alpha value is -2.92. The van der Waals surface area contributed by atoms with Gasteiger partial charge in [0.1, 0.15) is 17.9 Å². The Bertz CT molecular complexity index is 795. The first kappa shape index (κ1) is 17.4. The van der Waals surface area contributed by atoms with Crippen LogP contribution in [0.3, 0.4) is 0 Å². The van der Waals surface area contributed by atoms with Crippen molar-refractivity contribution in [2.45, 2.75) is 33.0 Å². The maximum Gasteiger partial charge on any atom is 0.437 e. The number of carbonyl (C=O) groups is 1. The molecule has 2 rings (SSSR count). The molecule has 0 unspecified atom stereocenters. The van der Waals surface area contributed by atoms with Gasteiger partial charge in [-0.15, -0.1) is 0 Å². The standard InChI is InChI=1S/C12H13F3N6O3/c1-5-9(10(19-18-5)12(13,14)15)17-11(22)7(3)20-6(2)8(4-16-20)21(23)24/h4,7H,1-3H3,(H,17,22)(H,18,19)/t7-/m1/s1. The smallest absolute Gasteiger partial charge is 0.321 e. The number of aromatic nitrogens is 4. The van der Waals surface area contributed by atoms with Crippen molar-refractivity contribution in [3.05, 3.63) is 33.4 Å². The van der Waals surface area contributed by atoms with Crippen molar-refractivity contribution in [1.82, 2.24) is 20.0 Å². The molecule has 130 valence electrons. The summed E-state index contributed by atoms with van der Waals surface area (Å²) in [5, 5.41) is 22.0. The topological polar surface area (TPSA) is 119 Å². The van der Waals surface area contributed by atoms with Crippen molar-refractivity contribution < 1.29 is 22.9 Å². The van der Waals surface area contributed by atoms with Crippen LogP contribution in [0.25, 0.3) is 0 Å². The number of aryl methyl sites for hydroxylation is 1. The first-order valence-electron chi connectivity index (χ1n) is 6.65. The number of alkyl halides is 3. The summed E-state index contributed by atoms with van der Waals surface area (Å²) in [5.74, 6) is -0.814. The third kappa shape index (κ3) is 3.07. The lowest BCUT2D eigenvalue weighted by atomic mass is 10.2. The Morgan fingerprint density at radius 2 is 2.08 bits per heavy atom. The van der Waals surface area contributed by atoms with E-state index in [0.717, 1.165) is 10.9 Å². The maximum absolute atomic E-state index is 12.9. The minimum absolute atomic E-state index is 0.0334. The van der Waals surface area contributed by atoms with Gasteiger partial charge in [0.15, 0.2) is 5.69 Å². The van der Waals surface area contributed by atoms with E-state index in [-0.39, 0.29) is 17.1 Å². The lowest BCUT2D eigenvalue weighted by Crippen LogP contribution is -2.26. The minimum atomic E-state index is -4.74. The fraction of sp³-hybridized carbons (Fsp3) is 0.417. The van der Waals surface area contributed by atoms with E-state index < -0.39 is 34.4 Å². The van der Waals surface area contributed by atoms with Crippen LogP contribution in [0.2, 0.25) is 0 Å². The molecular formula is C12H13F3N6O3. The number of nitro groups is 1. The van der Waals surface area contributed by atoms with Gasteiger partial charge in [-0.1, -0.05) is 0 Å². The van der Waals surface area contributed by atoms with E-state index in [0.29, 0.717) is 0 Å². The monoisotopic (exact) mass is 346 g/mol. The zero-order valence-corrected chi connectivity index (χ0v) is 12.8. The molecule has 0 aliphatic carbocycles. The van der Waals surface area contributed by atoms with Crippen LogP contribution in [0.1, 0.15) is 30.0 Å². The third-order valence-electron chi connectivity index (χ3n) is 3.43. The molecule has 0 saturated carbocycles. The highest BCUT2D eigenvalue weighted by atomic mass is 19.4. The molecule has 0 radical (unpaired) electrons. The van der Waals surface area contributed by atoms with E-state index in [9.17, 15) is 28.1 Å². The summed E-state index contributed by atoms with van der Waals surface area (Å²) in [5.41, 5.74) is -1.87. The molecular weight excluding hydrogens is 333 g/mol. The number of amides is 1. The predicted octanol–water partition coefficient (Wildman–Crippen LogP) is 2.35. The van der Waals surface area contributed by atoms with Gasteiger partial charge in [0, 0.05) is 0 Å². The van der Waals surface area contributed by atoms with Crippen molar-refractivity contribution in [1.29, 1.82) is 0 Å². The summed E-state index contributed by atoms with van der Waals surface area (Å²) in [6, 6.07) is -1.06. The van der Waals surface area contributed by atoms with Crippen LogP contribution in [0.4, 0.5) is 24.5 Å². The number of hydrogen-bond acceptors (Lipinski definition) is 5. The van der Waals surface area contributed by atoms with E-state index in [2.05, 4.69) is 20.6 Å². The third-order valence-corrected chi connectivity index (χ3v) is 3.43. The molecule has 0 bridgehead atoms. The second-order valence-electron chi connectivity index (χ2n) is 5.05. The lowest BCUT2D eigenvalue weighted by molar-refractivity contribution is -0.385. The van der Waals surface area contributed by atoms with Gasteiger partial charge in [0.25, 0.3) is 0 Å². The largest absolute Gasteiger partial charge is 0.437 e. The highest BCUT2D eigenvalue weighted by Crippen LogP contribution is 2.35. The minimum Gasteiger partial charge on any atom is -0.321 e. The normalized spacial score (nSPS) is 12.9. The Kier molecular flexibility index (Phi) is 4.32. The number of rotatable bonds is 4. The number of halogens is 3. The summed E-state index contributed by atoms with van der Waals surface area (Å²) in [6.07, 6.45) is -3.76. The molecule has 2 N–H and O–H groups in total. The first-order valence-corrected chi connectivity index (χ1v) is 6.65. The van der Waals surface area contributed by atoms with Gasteiger partial charge in [-0.25, -0.2) is 0 Å². The van der Waals surface area contributed by atoms with Gasteiger partial charge < -0.3 is 5.32 Å². The molecule has 0 spiro atoms. The van der Waals surface area contributed by atoms with Crippen molar-refractivity contribution in [3.63, 3.8) is 0 Å². The van der Waals surface area contributed by atoms with Gasteiger partial charge in [-0.3, -0.25) is 24.7 Å². The zero-order chi connectivity index (χ0) is 18.2. The highest BCUT2D eigenvalue weighted by Gasteiger charge is 2.38. The van der Waals surface area contributed by atoms with Gasteiger partial charge in [-0.2, -0.15) is 23.4 Å². The molecule has 0 aliphatic heterocycles. The van der Waals surface area contributed by atoms with Crippen LogP contribution < -0.4 is 5.32 Å². The fourth-order valence-electron chi connectivity index (χ4n) is 2.11. The summed E-state index contributed by atoms with van der Waals surface area (Å²) in [6.45, 7) is 4.08. The highest BCUT2D eigenvalue weighted by molar-refractivity contribution is 5.94. The van der Waals surface area contributed by atoms with Crippen molar-refractivity contribution in [2.75, 3.05) is 5.32 Å². The number of nitrogens with one attached hydrogen (secondary N) is 2. The van der Waals surface area contributed by atoms with Crippen LogP contribution in [0, 0.1) is 24.0 Å². The number of aromatic amines is 1. The van der Waals surface area contributed by atoms with Crippen molar-refractivity contribution >= 4 is 17.3 Å². The second kappa shape index (κ2) is 5.94. The molecule has 2 aromatic heterocycles. The molecule has 0 aromatic carbocycles. The predicted molar refractivity (Wildman–Crippen MR) is 75.3 cm³/mol. The Morgan fingerprint density at radius 1 is 1.46 bits per heavy atom. The van der Waals surface area contributed by atoms with Gasteiger partial charge in [0.05, 0.1) is 16.3 Å². The quantitative estimate of drug-likeness (QED) is 0.650. The molecule has 1 atom stereocenters. The van der Waals surface area contributed by atoms with Crippen LogP contribution in [0.15, 0.2) is 6.20 Å². The van der Waals surface area contributed by atoms with E-state index >= 15 is 0 Å². The molecule has 9 nitrogen and oxygen atoms in total. The van der Waals surface area contributed by atoms with Crippen LogP contribution in [-0.2, 0) is 11.0 Å². The Morgan fingerprint density at radius 3 is 2.58 bits per heavy atom. The number of nitrogens with zero attached hydrogens (tertiary/aromatic N) is 4. The van der Waals surface area contributed by atoms with E-state index in [1.807, 2.05) is 0 Å². The fourth-order valence-corrected chi connectivity index (χ4v) is 2.11. The van der Waals surface area contributed by atoms with E-state index in [1.54, 1.807) is 0 Å². The Labute approximate surface area is 133 Å². The molecule has 2 heterocycles. The lowest BCUT2D eigenvalue weighted by Gasteiger charge is -2.15. The first-order chi connectivity index (χ1) is 11.0. The summed E-state index contributed by atoms with van der Waals surface area (Å²) in [7, 11) is 0. The number of carbonyl (C=O) groups excluding carboxylic acids is 1. The molecule has 24 heavy (non-hydrogen) atoms. The van der Waals surface area contributed by atoms with Crippen molar-refractivity contribution in [2.24, 2.45) is 0 Å².